The number of carbonyl (C=O) groups is 2. The quantitative estimate of drug-likeness (QED) is 0.773. The van der Waals surface area contributed by atoms with E-state index < -0.39 is 0 Å². The number of hydrogen-bond donors (Lipinski definition) is 1. The molecule has 4 heteroatoms. The van der Waals surface area contributed by atoms with Crippen LogP contribution in [0, 0.1) is 0 Å². The van der Waals surface area contributed by atoms with E-state index in [0.717, 1.165) is 24.8 Å². The number of nitrogens with one attached hydrogen (secondary N) is 1. The van der Waals surface area contributed by atoms with Crippen LogP contribution in [0.1, 0.15) is 70.8 Å². The molecule has 0 aromatic heterocycles. The van der Waals surface area contributed by atoms with Gasteiger partial charge in [-0.05, 0) is 31.2 Å². The summed E-state index contributed by atoms with van der Waals surface area (Å²) >= 11 is 0. The molecule has 138 valence electrons. The van der Waals surface area contributed by atoms with Crippen molar-refractivity contribution in [2.45, 2.75) is 83.8 Å². The summed E-state index contributed by atoms with van der Waals surface area (Å²) in [5.41, 5.74) is 1.07. The third-order valence-corrected chi connectivity index (χ3v) is 5.00. The van der Waals surface area contributed by atoms with Crippen LogP contribution in [0.4, 0.5) is 0 Å². The molecule has 25 heavy (non-hydrogen) atoms. The van der Waals surface area contributed by atoms with Gasteiger partial charge >= 0.3 is 0 Å². The van der Waals surface area contributed by atoms with Gasteiger partial charge in [-0.25, -0.2) is 0 Å². The lowest BCUT2D eigenvalue weighted by atomic mass is 9.95. The number of carbonyl (C=O) groups excluding carboxylic acids is 2. The number of rotatable bonds is 8. The second kappa shape index (κ2) is 10.2. The zero-order valence-corrected chi connectivity index (χ0v) is 15.7. The van der Waals surface area contributed by atoms with Crippen molar-refractivity contribution >= 4 is 11.8 Å². The van der Waals surface area contributed by atoms with Crippen LogP contribution in [-0.2, 0) is 16.1 Å². The van der Waals surface area contributed by atoms with Crippen LogP contribution in [0.5, 0.6) is 0 Å². The Hall–Kier alpha value is -1.84. The van der Waals surface area contributed by atoms with Gasteiger partial charge in [-0.2, -0.15) is 0 Å². The van der Waals surface area contributed by atoms with Crippen molar-refractivity contribution in [3.05, 3.63) is 35.9 Å². The fourth-order valence-electron chi connectivity index (χ4n) is 3.60. The molecule has 0 spiro atoms. The third kappa shape index (κ3) is 5.87. The summed E-state index contributed by atoms with van der Waals surface area (Å²) in [5.74, 6) is 0.0757. The van der Waals surface area contributed by atoms with Gasteiger partial charge < -0.3 is 10.2 Å². The first kappa shape index (κ1) is 19.5. The van der Waals surface area contributed by atoms with E-state index in [1.807, 2.05) is 44.2 Å². The largest absolute Gasteiger partial charge is 0.352 e. The molecule has 2 amide bonds. The molecule has 0 saturated heterocycles. The normalized spacial score (nSPS) is 16.2. The highest BCUT2D eigenvalue weighted by Crippen LogP contribution is 2.19. The monoisotopic (exact) mass is 344 g/mol. The van der Waals surface area contributed by atoms with Gasteiger partial charge in [0.1, 0.15) is 6.04 Å². The van der Waals surface area contributed by atoms with Crippen molar-refractivity contribution in [1.29, 1.82) is 0 Å². The lowest BCUT2D eigenvalue weighted by Crippen LogP contribution is -2.51. The third-order valence-electron chi connectivity index (χ3n) is 5.00. The Kier molecular flexibility index (Phi) is 7.96. The second-order valence-corrected chi connectivity index (χ2v) is 7.02. The van der Waals surface area contributed by atoms with Crippen molar-refractivity contribution in [1.82, 2.24) is 10.2 Å². The second-order valence-electron chi connectivity index (χ2n) is 7.02. The Bertz CT molecular complexity index is 538. The van der Waals surface area contributed by atoms with Crippen LogP contribution < -0.4 is 5.32 Å². The smallest absolute Gasteiger partial charge is 0.243 e. The van der Waals surface area contributed by atoms with E-state index in [1.165, 1.54) is 19.3 Å². The summed E-state index contributed by atoms with van der Waals surface area (Å²) in [6.45, 7) is 4.49. The van der Waals surface area contributed by atoms with Gasteiger partial charge in [0.05, 0.1) is 0 Å². The lowest BCUT2D eigenvalue weighted by molar-refractivity contribution is -0.141. The first-order valence-corrected chi connectivity index (χ1v) is 9.79. The summed E-state index contributed by atoms with van der Waals surface area (Å²) < 4.78 is 0. The van der Waals surface area contributed by atoms with Crippen LogP contribution in [-0.4, -0.2) is 28.8 Å². The number of amides is 2. The Morgan fingerprint density at radius 1 is 1.12 bits per heavy atom. The predicted octanol–water partition coefficient (Wildman–Crippen LogP) is 4.04. The Morgan fingerprint density at radius 3 is 2.40 bits per heavy atom. The summed E-state index contributed by atoms with van der Waals surface area (Å²) in [7, 11) is 0. The minimum Gasteiger partial charge on any atom is -0.352 e. The van der Waals surface area contributed by atoms with Crippen molar-refractivity contribution < 1.29 is 9.59 Å². The van der Waals surface area contributed by atoms with E-state index in [0.29, 0.717) is 19.4 Å². The molecule has 1 aliphatic carbocycles. The molecule has 1 N–H and O–H groups in total. The molecule has 0 aliphatic heterocycles. The number of hydrogen-bond acceptors (Lipinski definition) is 2. The van der Waals surface area contributed by atoms with Gasteiger partial charge in [-0.15, -0.1) is 0 Å². The molecule has 0 heterocycles. The molecule has 0 unspecified atom stereocenters. The van der Waals surface area contributed by atoms with Crippen LogP contribution in [0.15, 0.2) is 30.3 Å². The molecule has 1 aromatic rings. The highest BCUT2D eigenvalue weighted by Gasteiger charge is 2.29. The minimum atomic E-state index is -0.388. The fraction of sp³-hybridized carbons (Fsp3) is 0.619. The SMILES string of the molecule is CCCC(=O)N(Cc1ccccc1)[C@H](CC)C(=O)NC1CCCCC1. The zero-order chi connectivity index (χ0) is 18.1. The first-order chi connectivity index (χ1) is 12.2. The Balaban J connectivity index is 2.10. The molecule has 0 radical (unpaired) electrons. The Labute approximate surface area is 152 Å². The summed E-state index contributed by atoms with van der Waals surface area (Å²) in [6, 6.07) is 9.82. The van der Waals surface area contributed by atoms with Crippen LogP contribution in [0.2, 0.25) is 0 Å². The van der Waals surface area contributed by atoms with E-state index in [2.05, 4.69) is 5.32 Å². The van der Waals surface area contributed by atoms with Gasteiger partial charge in [-0.3, -0.25) is 9.59 Å². The number of nitrogens with zero attached hydrogens (tertiary/aromatic N) is 1. The van der Waals surface area contributed by atoms with Gasteiger partial charge in [-0.1, -0.05) is 63.4 Å². The predicted molar refractivity (Wildman–Crippen MR) is 101 cm³/mol. The van der Waals surface area contributed by atoms with Gasteiger partial charge in [0, 0.05) is 19.0 Å². The highest BCUT2D eigenvalue weighted by atomic mass is 16.2. The maximum Gasteiger partial charge on any atom is 0.243 e. The molecule has 1 atom stereocenters. The maximum absolute atomic E-state index is 12.9. The van der Waals surface area contributed by atoms with Crippen LogP contribution in [0.3, 0.4) is 0 Å². The van der Waals surface area contributed by atoms with Gasteiger partial charge in [0.25, 0.3) is 0 Å². The van der Waals surface area contributed by atoms with Crippen molar-refractivity contribution in [2.24, 2.45) is 0 Å². The highest BCUT2D eigenvalue weighted by molar-refractivity contribution is 5.87. The Morgan fingerprint density at radius 2 is 1.80 bits per heavy atom. The number of benzene rings is 1. The van der Waals surface area contributed by atoms with Crippen molar-refractivity contribution in [2.75, 3.05) is 0 Å². The molecule has 1 fully saturated rings. The fourth-order valence-corrected chi connectivity index (χ4v) is 3.60. The van der Waals surface area contributed by atoms with Gasteiger partial charge in [0.2, 0.25) is 11.8 Å². The molecular weight excluding hydrogens is 312 g/mol. The molecule has 0 bridgehead atoms. The first-order valence-electron chi connectivity index (χ1n) is 9.79. The van der Waals surface area contributed by atoms with Crippen LogP contribution >= 0.6 is 0 Å². The molecular formula is C21H32N2O2. The average molecular weight is 344 g/mol. The minimum absolute atomic E-state index is 0.00906. The maximum atomic E-state index is 12.9. The van der Waals surface area contributed by atoms with E-state index in [1.54, 1.807) is 4.90 Å². The van der Waals surface area contributed by atoms with E-state index in [9.17, 15) is 9.59 Å². The summed E-state index contributed by atoms with van der Waals surface area (Å²) in [6.07, 6.45) is 7.67. The van der Waals surface area contributed by atoms with Crippen molar-refractivity contribution in [3.63, 3.8) is 0 Å². The molecule has 4 nitrogen and oxygen atoms in total. The van der Waals surface area contributed by atoms with Crippen molar-refractivity contribution in [3.8, 4) is 0 Å². The molecule has 1 saturated carbocycles. The molecule has 2 rings (SSSR count). The lowest BCUT2D eigenvalue weighted by Gasteiger charge is -2.32. The van der Waals surface area contributed by atoms with Gasteiger partial charge in [0.15, 0.2) is 0 Å². The average Bonchev–Trinajstić information content (AvgIpc) is 2.63. The van der Waals surface area contributed by atoms with Crippen LogP contribution in [0.25, 0.3) is 0 Å². The molecule has 1 aliphatic rings. The van der Waals surface area contributed by atoms with E-state index in [4.69, 9.17) is 0 Å². The zero-order valence-electron chi connectivity index (χ0n) is 15.7. The topological polar surface area (TPSA) is 49.4 Å². The summed E-state index contributed by atoms with van der Waals surface area (Å²) in [5, 5.41) is 3.20. The standard InChI is InChI=1S/C21H32N2O2/c1-3-11-20(24)23(16-17-12-7-5-8-13-17)19(4-2)21(25)22-18-14-9-6-10-15-18/h5,7-8,12-13,18-19H,3-4,6,9-11,14-16H2,1-2H3,(H,22,25)/t19-/m1/s1. The molecule has 1 aromatic carbocycles. The van der Waals surface area contributed by atoms with E-state index >= 15 is 0 Å². The summed E-state index contributed by atoms with van der Waals surface area (Å²) in [4.78, 5) is 27.3. The van der Waals surface area contributed by atoms with E-state index in [-0.39, 0.29) is 23.9 Å².